The molecule has 0 N–H and O–H groups in total. The van der Waals surface area contributed by atoms with Crippen molar-refractivity contribution in [1.29, 1.82) is 0 Å². The monoisotopic (exact) mass is 306 g/mol. The fourth-order valence-electron chi connectivity index (χ4n) is 1.79. The van der Waals surface area contributed by atoms with Crippen molar-refractivity contribution in [3.63, 3.8) is 0 Å². The highest BCUT2D eigenvalue weighted by Crippen LogP contribution is 2.30. The van der Waals surface area contributed by atoms with Crippen molar-refractivity contribution >= 4 is 15.9 Å². The second kappa shape index (κ2) is 6.57. The summed E-state index contributed by atoms with van der Waals surface area (Å²) in [4.78, 5) is 0. The summed E-state index contributed by atoms with van der Waals surface area (Å²) in [6.07, 6.45) is 0.847. The van der Waals surface area contributed by atoms with Gasteiger partial charge in [-0.15, -0.1) is 0 Å². The van der Waals surface area contributed by atoms with Crippen LogP contribution in [-0.4, -0.2) is 13.9 Å². The standard InChI is InChI=1S/C15H15BrO2/c1-17-11-18-15-13(8-5-9-14(15)16)10-12-6-3-2-4-7-12/h2-9H,10-11H2,1H3. The predicted molar refractivity (Wildman–Crippen MR) is 75.9 cm³/mol. The van der Waals surface area contributed by atoms with Crippen LogP contribution in [0.3, 0.4) is 0 Å². The van der Waals surface area contributed by atoms with E-state index in [9.17, 15) is 0 Å². The number of methoxy groups -OCH3 is 1. The summed E-state index contributed by atoms with van der Waals surface area (Å²) in [7, 11) is 1.62. The Bertz CT molecular complexity index is 497. The summed E-state index contributed by atoms with van der Waals surface area (Å²) < 4.78 is 11.5. The molecule has 94 valence electrons. The van der Waals surface area contributed by atoms with Crippen LogP contribution in [0.2, 0.25) is 0 Å². The van der Waals surface area contributed by atoms with E-state index in [1.165, 1.54) is 5.56 Å². The van der Waals surface area contributed by atoms with E-state index in [0.29, 0.717) is 0 Å². The molecule has 0 spiro atoms. The molecule has 0 radical (unpaired) electrons. The lowest BCUT2D eigenvalue weighted by molar-refractivity contribution is 0.0499. The minimum absolute atomic E-state index is 0.254. The summed E-state index contributed by atoms with van der Waals surface area (Å²) in [6, 6.07) is 16.4. The van der Waals surface area contributed by atoms with Crippen molar-refractivity contribution in [1.82, 2.24) is 0 Å². The van der Waals surface area contributed by atoms with Crippen molar-refractivity contribution in [3.8, 4) is 5.75 Å². The zero-order valence-electron chi connectivity index (χ0n) is 10.2. The third kappa shape index (κ3) is 3.34. The fraction of sp³-hybridized carbons (Fsp3) is 0.200. The van der Waals surface area contributed by atoms with Crippen molar-refractivity contribution in [2.24, 2.45) is 0 Å². The predicted octanol–water partition coefficient (Wildman–Crippen LogP) is 4.02. The first kappa shape index (κ1) is 13.1. The first-order valence-electron chi connectivity index (χ1n) is 5.74. The molecule has 0 aromatic heterocycles. The SMILES string of the molecule is COCOc1c(Br)cccc1Cc1ccccc1. The first-order chi connectivity index (χ1) is 8.81. The summed E-state index contributed by atoms with van der Waals surface area (Å²) in [5, 5.41) is 0. The summed E-state index contributed by atoms with van der Waals surface area (Å²) >= 11 is 3.51. The number of hydrogen-bond donors (Lipinski definition) is 0. The van der Waals surface area contributed by atoms with Gasteiger partial charge in [-0.25, -0.2) is 0 Å². The Balaban J connectivity index is 2.24. The minimum Gasteiger partial charge on any atom is -0.466 e. The quantitative estimate of drug-likeness (QED) is 0.777. The number of halogens is 1. The average Bonchev–Trinajstić information content (AvgIpc) is 2.39. The maximum Gasteiger partial charge on any atom is 0.188 e. The lowest BCUT2D eigenvalue weighted by Crippen LogP contribution is -2.03. The van der Waals surface area contributed by atoms with Crippen molar-refractivity contribution in [2.75, 3.05) is 13.9 Å². The number of hydrogen-bond acceptors (Lipinski definition) is 2. The number of benzene rings is 2. The Kier molecular flexibility index (Phi) is 4.79. The van der Waals surface area contributed by atoms with Crippen molar-refractivity contribution in [2.45, 2.75) is 6.42 Å². The molecule has 2 aromatic carbocycles. The van der Waals surface area contributed by atoms with Crippen LogP contribution in [0, 0.1) is 0 Å². The van der Waals surface area contributed by atoms with Gasteiger partial charge in [0.1, 0.15) is 5.75 Å². The fourth-order valence-corrected chi connectivity index (χ4v) is 2.31. The molecule has 0 saturated carbocycles. The van der Waals surface area contributed by atoms with Crippen molar-refractivity contribution < 1.29 is 9.47 Å². The Morgan fingerprint density at radius 1 is 1.00 bits per heavy atom. The first-order valence-corrected chi connectivity index (χ1v) is 6.53. The van der Waals surface area contributed by atoms with Gasteiger partial charge in [-0.05, 0) is 33.1 Å². The Hall–Kier alpha value is -1.32. The van der Waals surface area contributed by atoms with E-state index in [2.05, 4.69) is 34.1 Å². The molecule has 2 nitrogen and oxygen atoms in total. The molecule has 0 heterocycles. The van der Waals surface area contributed by atoms with Gasteiger partial charge in [0, 0.05) is 13.5 Å². The van der Waals surface area contributed by atoms with Gasteiger partial charge in [0.15, 0.2) is 6.79 Å². The molecule has 0 aliphatic heterocycles. The minimum atomic E-state index is 0.254. The van der Waals surface area contributed by atoms with Gasteiger partial charge in [0.05, 0.1) is 4.47 Å². The number of ether oxygens (including phenoxy) is 2. The molecule has 0 bridgehead atoms. The Morgan fingerprint density at radius 3 is 2.50 bits per heavy atom. The van der Waals surface area contributed by atoms with E-state index in [4.69, 9.17) is 9.47 Å². The molecular weight excluding hydrogens is 292 g/mol. The molecule has 0 unspecified atom stereocenters. The highest BCUT2D eigenvalue weighted by atomic mass is 79.9. The zero-order chi connectivity index (χ0) is 12.8. The highest BCUT2D eigenvalue weighted by molar-refractivity contribution is 9.10. The molecule has 0 saturated heterocycles. The van der Waals surface area contributed by atoms with Crippen molar-refractivity contribution in [3.05, 3.63) is 64.1 Å². The lowest BCUT2D eigenvalue weighted by Gasteiger charge is -2.12. The van der Waals surface area contributed by atoms with Crippen LogP contribution in [0.1, 0.15) is 11.1 Å². The van der Waals surface area contributed by atoms with Gasteiger partial charge in [-0.3, -0.25) is 0 Å². The average molecular weight is 307 g/mol. The third-order valence-electron chi connectivity index (χ3n) is 2.61. The van der Waals surface area contributed by atoms with Gasteiger partial charge < -0.3 is 9.47 Å². The lowest BCUT2D eigenvalue weighted by atomic mass is 10.0. The van der Waals surface area contributed by atoms with Gasteiger partial charge >= 0.3 is 0 Å². The van der Waals surface area contributed by atoms with E-state index in [1.807, 2.05) is 30.3 Å². The molecule has 0 aliphatic rings. The second-order valence-corrected chi connectivity index (χ2v) is 4.80. The van der Waals surface area contributed by atoms with E-state index in [0.717, 1.165) is 22.2 Å². The van der Waals surface area contributed by atoms with Gasteiger partial charge in [-0.1, -0.05) is 42.5 Å². The van der Waals surface area contributed by atoms with E-state index in [1.54, 1.807) is 7.11 Å². The molecule has 2 rings (SSSR count). The molecule has 0 aliphatic carbocycles. The van der Waals surface area contributed by atoms with Gasteiger partial charge in [-0.2, -0.15) is 0 Å². The van der Waals surface area contributed by atoms with Crippen LogP contribution in [-0.2, 0) is 11.2 Å². The van der Waals surface area contributed by atoms with E-state index >= 15 is 0 Å². The van der Waals surface area contributed by atoms with E-state index in [-0.39, 0.29) is 6.79 Å². The topological polar surface area (TPSA) is 18.5 Å². The maximum absolute atomic E-state index is 5.62. The zero-order valence-corrected chi connectivity index (χ0v) is 11.8. The largest absolute Gasteiger partial charge is 0.466 e. The second-order valence-electron chi connectivity index (χ2n) is 3.94. The molecule has 0 atom stereocenters. The van der Waals surface area contributed by atoms with Crippen LogP contribution in [0.15, 0.2) is 53.0 Å². The van der Waals surface area contributed by atoms with Crippen LogP contribution in [0.4, 0.5) is 0 Å². The van der Waals surface area contributed by atoms with Crippen LogP contribution in [0.25, 0.3) is 0 Å². The van der Waals surface area contributed by atoms with Gasteiger partial charge in [0.25, 0.3) is 0 Å². The molecule has 0 fully saturated rings. The highest BCUT2D eigenvalue weighted by Gasteiger charge is 2.08. The summed E-state index contributed by atoms with van der Waals surface area (Å²) in [6.45, 7) is 0.254. The van der Waals surface area contributed by atoms with E-state index < -0.39 is 0 Å². The number of para-hydroxylation sites is 1. The Morgan fingerprint density at radius 2 is 1.78 bits per heavy atom. The molecule has 18 heavy (non-hydrogen) atoms. The molecular formula is C15H15BrO2. The van der Waals surface area contributed by atoms with Crippen LogP contribution < -0.4 is 4.74 Å². The van der Waals surface area contributed by atoms with Crippen LogP contribution in [0.5, 0.6) is 5.75 Å². The maximum atomic E-state index is 5.62. The summed E-state index contributed by atoms with van der Waals surface area (Å²) in [5.41, 5.74) is 2.41. The molecule has 3 heteroatoms. The summed E-state index contributed by atoms with van der Waals surface area (Å²) in [5.74, 6) is 0.850. The smallest absolute Gasteiger partial charge is 0.188 e. The van der Waals surface area contributed by atoms with Gasteiger partial charge in [0.2, 0.25) is 0 Å². The van der Waals surface area contributed by atoms with Crippen LogP contribution >= 0.6 is 15.9 Å². The molecule has 0 amide bonds. The normalized spacial score (nSPS) is 10.3. The molecule has 2 aromatic rings. The Labute approximate surface area is 116 Å². The third-order valence-corrected chi connectivity index (χ3v) is 3.23. The number of rotatable bonds is 5.